The van der Waals surface area contributed by atoms with Gasteiger partial charge < -0.3 is 15.4 Å². The van der Waals surface area contributed by atoms with Crippen molar-refractivity contribution < 1.29 is 9.53 Å². The van der Waals surface area contributed by atoms with Gasteiger partial charge in [0, 0.05) is 25.6 Å². The van der Waals surface area contributed by atoms with Gasteiger partial charge >= 0.3 is 6.09 Å². The van der Waals surface area contributed by atoms with Crippen LogP contribution in [-0.4, -0.2) is 30.8 Å². The third kappa shape index (κ3) is 7.96. The Morgan fingerprint density at radius 1 is 1.29 bits per heavy atom. The van der Waals surface area contributed by atoms with Crippen LogP contribution < -0.4 is 10.6 Å². The molecule has 0 spiro atoms. The van der Waals surface area contributed by atoms with Gasteiger partial charge in [0.1, 0.15) is 5.60 Å². The molecule has 0 aromatic rings. The predicted molar refractivity (Wildman–Crippen MR) is 86.1 cm³/mol. The number of carbonyl (C=O) groups is 1. The van der Waals surface area contributed by atoms with E-state index in [-0.39, 0.29) is 6.09 Å². The molecule has 0 aromatic carbocycles. The van der Waals surface area contributed by atoms with E-state index in [0.29, 0.717) is 18.5 Å². The van der Waals surface area contributed by atoms with Crippen LogP contribution in [0.25, 0.3) is 0 Å². The Morgan fingerprint density at radius 2 is 2.00 bits per heavy atom. The van der Waals surface area contributed by atoms with Gasteiger partial charge in [0.25, 0.3) is 0 Å². The maximum absolute atomic E-state index is 11.7. The fourth-order valence-electron chi connectivity index (χ4n) is 2.69. The second kappa shape index (κ2) is 8.94. The van der Waals surface area contributed by atoms with Gasteiger partial charge in [-0.2, -0.15) is 0 Å². The largest absolute Gasteiger partial charge is 0.444 e. The lowest BCUT2D eigenvalue weighted by Crippen LogP contribution is -2.45. The Labute approximate surface area is 129 Å². The van der Waals surface area contributed by atoms with Crippen molar-refractivity contribution in [2.24, 2.45) is 5.92 Å². The number of nitrogens with one attached hydrogen (secondary N) is 2. The average molecular weight is 294 g/mol. The van der Waals surface area contributed by atoms with Gasteiger partial charge in [-0.3, -0.25) is 0 Å². The van der Waals surface area contributed by atoms with Crippen LogP contribution in [0.1, 0.15) is 59.8 Å². The molecule has 120 valence electrons. The molecule has 1 amide bonds. The molecule has 2 atom stereocenters. The van der Waals surface area contributed by atoms with E-state index in [1.54, 1.807) is 0 Å². The van der Waals surface area contributed by atoms with Gasteiger partial charge in [-0.25, -0.2) is 4.79 Å². The number of hydrogen-bond acceptors (Lipinski definition) is 3. The standard InChI is InChI=1S/C17H30N2O2/c1-5-6-9-12-18-15-11-8-7-10-14(15)13-19-16(20)21-17(2,3)4/h14-15,18H,7-13H2,1-4H3,(H,19,20). The van der Waals surface area contributed by atoms with Gasteiger partial charge in [-0.05, 0) is 46.5 Å². The molecule has 0 heterocycles. The summed E-state index contributed by atoms with van der Waals surface area (Å²) in [5.41, 5.74) is -0.437. The molecule has 0 aromatic heterocycles. The van der Waals surface area contributed by atoms with Crippen LogP contribution in [0.3, 0.4) is 0 Å². The van der Waals surface area contributed by atoms with Crippen molar-refractivity contribution in [2.45, 2.75) is 71.4 Å². The minimum Gasteiger partial charge on any atom is -0.444 e. The summed E-state index contributed by atoms with van der Waals surface area (Å²) in [5.74, 6) is 6.48. The van der Waals surface area contributed by atoms with Crippen molar-refractivity contribution in [2.75, 3.05) is 13.1 Å². The van der Waals surface area contributed by atoms with Crippen molar-refractivity contribution in [3.05, 3.63) is 0 Å². The first-order valence-electron chi connectivity index (χ1n) is 8.02. The first kappa shape index (κ1) is 17.8. The van der Waals surface area contributed by atoms with Crippen molar-refractivity contribution in [1.29, 1.82) is 0 Å². The van der Waals surface area contributed by atoms with Crippen molar-refractivity contribution >= 4 is 6.09 Å². The summed E-state index contributed by atoms with van der Waals surface area (Å²) in [4.78, 5) is 11.7. The molecule has 0 aliphatic heterocycles. The quantitative estimate of drug-likeness (QED) is 0.605. The monoisotopic (exact) mass is 294 g/mol. The van der Waals surface area contributed by atoms with E-state index >= 15 is 0 Å². The minimum atomic E-state index is -0.437. The lowest BCUT2D eigenvalue weighted by Gasteiger charge is -2.32. The number of hydrogen-bond donors (Lipinski definition) is 2. The number of amides is 1. The Hall–Kier alpha value is -1.21. The summed E-state index contributed by atoms with van der Waals surface area (Å²) in [6, 6.07) is 0.479. The molecule has 0 saturated heterocycles. The van der Waals surface area contributed by atoms with Crippen LogP contribution >= 0.6 is 0 Å². The normalized spacial score (nSPS) is 22.1. The summed E-state index contributed by atoms with van der Waals surface area (Å²) in [6.07, 6.45) is 5.42. The van der Waals surface area contributed by atoms with Crippen LogP contribution in [0, 0.1) is 17.8 Å². The number of carbonyl (C=O) groups excluding carboxylic acids is 1. The zero-order valence-corrected chi connectivity index (χ0v) is 13.9. The molecule has 1 aliphatic rings. The highest BCUT2D eigenvalue weighted by Gasteiger charge is 2.25. The Kier molecular flexibility index (Phi) is 7.60. The summed E-state index contributed by atoms with van der Waals surface area (Å²) >= 11 is 0. The third-order valence-electron chi connectivity index (χ3n) is 3.65. The SMILES string of the molecule is CC#CCCNC1CCCCC1CNC(=O)OC(C)(C)C. The molecule has 21 heavy (non-hydrogen) atoms. The molecular weight excluding hydrogens is 264 g/mol. The lowest BCUT2D eigenvalue weighted by molar-refractivity contribution is 0.0511. The fourth-order valence-corrected chi connectivity index (χ4v) is 2.69. The molecule has 1 rings (SSSR count). The molecule has 0 radical (unpaired) electrons. The first-order valence-corrected chi connectivity index (χ1v) is 8.02. The van der Waals surface area contributed by atoms with Gasteiger partial charge in [-0.15, -0.1) is 11.8 Å². The van der Waals surface area contributed by atoms with Crippen molar-refractivity contribution in [3.63, 3.8) is 0 Å². The zero-order chi connectivity index (χ0) is 15.7. The average Bonchev–Trinajstić information content (AvgIpc) is 2.40. The molecule has 2 N–H and O–H groups in total. The van der Waals surface area contributed by atoms with Crippen molar-refractivity contribution in [3.8, 4) is 11.8 Å². The highest BCUT2D eigenvalue weighted by atomic mass is 16.6. The molecule has 0 bridgehead atoms. The van der Waals surface area contributed by atoms with Gasteiger partial charge in [0.15, 0.2) is 0 Å². The highest BCUT2D eigenvalue weighted by Crippen LogP contribution is 2.24. The van der Waals surface area contributed by atoms with Crippen molar-refractivity contribution in [1.82, 2.24) is 10.6 Å². The van der Waals surface area contributed by atoms with E-state index in [9.17, 15) is 4.79 Å². The highest BCUT2D eigenvalue weighted by molar-refractivity contribution is 5.67. The Balaban J connectivity index is 2.35. The molecule has 4 heteroatoms. The van der Waals surface area contributed by atoms with Gasteiger partial charge in [-0.1, -0.05) is 12.8 Å². The van der Waals surface area contributed by atoms with Crippen LogP contribution in [0.4, 0.5) is 4.79 Å². The minimum absolute atomic E-state index is 0.316. The molecule has 4 nitrogen and oxygen atoms in total. The van der Waals surface area contributed by atoms with E-state index in [2.05, 4.69) is 22.5 Å². The zero-order valence-electron chi connectivity index (χ0n) is 13.9. The van der Waals surface area contributed by atoms with E-state index in [0.717, 1.165) is 19.4 Å². The Morgan fingerprint density at radius 3 is 2.67 bits per heavy atom. The van der Waals surface area contributed by atoms with Crippen LogP contribution in [-0.2, 0) is 4.74 Å². The third-order valence-corrected chi connectivity index (χ3v) is 3.65. The van der Waals surface area contributed by atoms with Crippen LogP contribution in [0.5, 0.6) is 0 Å². The second-order valence-corrected chi connectivity index (χ2v) is 6.66. The maximum Gasteiger partial charge on any atom is 0.407 e. The van der Waals surface area contributed by atoms with E-state index < -0.39 is 5.60 Å². The summed E-state index contributed by atoms with van der Waals surface area (Å²) in [7, 11) is 0. The van der Waals surface area contributed by atoms with Crippen LogP contribution in [0.15, 0.2) is 0 Å². The van der Waals surface area contributed by atoms with Gasteiger partial charge in [0.05, 0.1) is 0 Å². The smallest absolute Gasteiger partial charge is 0.407 e. The summed E-state index contributed by atoms with van der Waals surface area (Å²) < 4.78 is 5.29. The van der Waals surface area contributed by atoms with Crippen LogP contribution in [0.2, 0.25) is 0 Å². The molecule has 2 unspecified atom stereocenters. The fraction of sp³-hybridized carbons (Fsp3) is 0.824. The molecular formula is C17H30N2O2. The predicted octanol–water partition coefficient (Wildman–Crippen LogP) is 3.07. The number of ether oxygens (including phenoxy) is 1. The van der Waals surface area contributed by atoms with Gasteiger partial charge in [0.2, 0.25) is 0 Å². The summed E-state index contributed by atoms with van der Waals surface area (Å²) in [5, 5.41) is 6.50. The van der Waals surface area contributed by atoms with E-state index in [1.165, 1.54) is 19.3 Å². The number of alkyl carbamates (subject to hydrolysis) is 1. The van der Waals surface area contributed by atoms with E-state index in [1.807, 2.05) is 27.7 Å². The molecule has 1 aliphatic carbocycles. The van der Waals surface area contributed by atoms with E-state index in [4.69, 9.17) is 4.74 Å². The molecule has 1 saturated carbocycles. The topological polar surface area (TPSA) is 50.4 Å². The second-order valence-electron chi connectivity index (χ2n) is 6.66. The Bertz CT molecular complexity index is 376. The first-order chi connectivity index (χ1) is 9.92. The number of rotatable bonds is 5. The maximum atomic E-state index is 11.7. The summed E-state index contributed by atoms with van der Waals surface area (Å²) in [6.45, 7) is 9.12. The lowest BCUT2D eigenvalue weighted by atomic mass is 9.84. The molecule has 1 fully saturated rings.